The summed E-state index contributed by atoms with van der Waals surface area (Å²) in [6.45, 7) is 0.690. The molecule has 1 aromatic heterocycles. The third-order valence-electron chi connectivity index (χ3n) is 3.05. The first kappa shape index (κ1) is 15.3. The zero-order chi connectivity index (χ0) is 15.9. The summed E-state index contributed by atoms with van der Waals surface area (Å²) < 4.78 is 5.59. The summed E-state index contributed by atoms with van der Waals surface area (Å²) in [4.78, 5) is 0. The zero-order valence-electron chi connectivity index (χ0n) is 12.2. The van der Waals surface area contributed by atoms with Gasteiger partial charge in [0.05, 0.1) is 0 Å². The number of hydrazine groups is 1. The van der Waals surface area contributed by atoms with Crippen LogP contribution in [0.15, 0.2) is 66.7 Å². The van der Waals surface area contributed by atoms with E-state index in [9.17, 15) is 0 Å². The fourth-order valence-corrected chi connectivity index (χ4v) is 2.02. The van der Waals surface area contributed by atoms with Gasteiger partial charge in [0.2, 0.25) is 5.88 Å². The summed E-state index contributed by atoms with van der Waals surface area (Å²) in [5, 5.41) is 7.92. The van der Waals surface area contributed by atoms with E-state index in [4.69, 9.17) is 16.3 Å². The van der Waals surface area contributed by atoms with E-state index in [0.717, 1.165) is 11.3 Å². The van der Waals surface area contributed by atoms with Gasteiger partial charge in [-0.2, -0.15) is 0 Å². The van der Waals surface area contributed by atoms with Gasteiger partial charge < -0.3 is 10.2 Å². The second kappa shape index (κ2) is 7.58. The van der Waals surface area contributed by atoms with E-state index in [-0.39, 0.29) is 0 Å². The Morgan fingerprint density at radius 2 is 1.65 bits per heavy atom. The molecule has 1 heterocycles. The van der Waals surface area contributed by atoms with Gasteiger partial charge in [-0.25, -0.2) is 5.43 Å². The molecule has 0 aliphatic heterocycles. The van der Waals surface area contributed by atoms with Gasteiger partial charge in [0.1, 0.15) is 5.75 Å². The van der Waals surface area contributed by atoms with Crippen LogP contribution in [0.4, 0.5) is 5.69 Å². The van der Waals surface area contributed by atoms with Crippen LogP contribution in [0.5, 0.6) is 11.6 Å². The maximum absolute atomic E-state index is 5.69. The Kier molecular flexibility index (Phi) is 5.03. The number of halogens is 1. The monoisotopic (exact) mass is 326 g/mol. The van der Waals surface area contributed by atoms with Crippen LogP contribution in [0.2, 0.25) is 5.15 Å². The predicted octanol–water partition coefficient (Wildman–Crippen LogP) is 4.04. The van der Waals surface area contributed by atoms with Crippen LogP contribution in [-0.2, 0) is 6.54 Å². The van der Waals surface area contributed by atoms with E-state index in [1.165, 1.54) is 0 Å². The number of hydrogen-bond acceptors (Lipinski definition) is 5. The number of rotatable bonds is 6. The van der Waals surface area contributed by atoms with Gasteiger partial charge in [-0.15, -0.1) is 10.2 Å². The van der Waals surface area contributed by atoms with Crippen molar-refractivity contribution in [3.63, 3.8) is 0 Å². The van der Waals surface area contributed by atoms with E-state index >= 15 is 0 Å². The van der Waals surface area contributed by atoms with Gasteiger partial charge in [-0.3, -0.25) is 0 Å². The predicted molar refractivity (Wildman–Crippen MR) is 90.5 cm³/mol. The van der Waals surface area contributed by atoms with Crippen molar-refractivity contribution in [2.75, 3.05) is 5.43 Å². The minimum Gasteiger partial charge on any atom is -0.438 e. The molecule has 0 bridgehead atoms. The van der Waals surface area contributed by atoms with Crippen LogP contribution in [0, 0.1) is 0 Å². The van der Waals surface area contributed by atoms with E-state index in [0.29, 0.717) is 23.3 Å². The first-order chi connectivity index (χ1) is 11.3. The van der Waals surface area contributed by atoms with E-state index in [2.05, 4.69) is 21.0 Å². The van der Waals surface area contributed by atoms with Gasteiger partial charge in [0.15, 0.2) is 5.15 Å². The fraction of sp³-hybridized carbons (Fsp3) is 0.0588. The van der Waals surface area contributed by atoms with Gasteiger partial charge in [-0.1, -0.05) is 41.9 Å². The lowest BCUT2D eigenvalue weighted by atomic mass is 10.2. The van der Waals surface area contributed by atoms with Crippen LogP contribution >= 0.6 is 11.6 Å². The van der Waals surface area contributed by atoms with Crippen LogP contribution in [0.1, 0.15) is 5.56 Å². The lowest BCUT2D eigenvalue weighted by Gasteiger charge is -2.09. The summed E-state index contributed by atoms with van der Waals surface area (Å²) in [5.74, 6) is 1.10. The van der Waals surface area contributed by atoms with Gasteiger partial charge in [0.25, 0.3) is 0 Å². The number of aromatic nitrogens is 2. The quantitative estimate of drug-likeness (QED) is 0.669. The molecule has 3 aromatic rings. The molecule has 0 spiro atoms. The summed E-state index contributed by atoms with van der Waals surface area (Å²) >= 11 is 5.69. The van der Waals surface area contributed by atoms with Crippen molar-refractivity contribution >= 4 is 17.3 Å². The molecule has 0 saturated carbocycles. The van der Waals surface area contributed by atoms with Crippen molar-refractivity contribution in [2.45, 2.75) is 6.54 Å². The average molecular weight is 327 g/mol. The van der Waals surface area contributed by atoms with E-state index in [1.54, 1.807) is 12.1 Å². The smallest absolute Gasteiger partial charge is 0.238 e. The normalized spacial score (nSPS) is 10.3. The van der Waals surface area contributed by atoms with Crippen LogP contribution in [-0.4, -0.2) is 10.2 Å². The highest BCUT2D eigenvalue weighted by atomic mass is 35.5. The first-order valence-corrected chi connectivity index (χ1v) is 7.47. The number of benzene rings is 2. The number of para-hydroxylation sites is 1. The summed E-state index contributed by atoms with van der Waals surface area (Å²) in [5.41, 5.74) is 8.46. The molecule has 2 aromatic carbocycles. The molecule has 0 unspecified atom stereocenters. The molecule has 3 rings (SSSR count). The average Bonchev–Trinajstić information content (AvgIpc) is 2.59. The molecule has 0 atom stereocenters. The van der Waals surface area contributed by atoms with Crippen molar-refractivity contribution < 1.29 is 4.74 Å². The number of nitrogens with one attached hydrogen (secondary N) is 2. The molecule has 116 valence electrons. The Balaban J connectivity index is 1.51. The molecule has 5 nitrogen and oxygen atoms in total. The second-order valence-corrected chi connectivity index (χ2v) is 5.17. The Bertz CT molecular complexity index is 733. The molecular weight excluding hydrogens is 312 g/mol. The number of hydrogen-bond donors (Lipinski definition) is 2. The molecule has 6 heteroatoms. The zero-order valence-corrected chi connectivity index (χ0v) is 13.0. The summed E-state index contributed by atoms with van der Waals surface area (Å²) in [6.07, 6.45) is 0. The number of anilines is 1. The van der Waals surface area contributed by atoms with Gasteiger partial charge in [0, 0.05) is 18.3 Å². The van der Waals surface area contributed by atoms with Gasteiger partial charge in [-0.05, 0) is 35.9 Å². The third-order valence-corrected chi connectivity index (χ3v) is 3.25. The van der Waals surface area contributed by atoms with Gasteiger partial charge >= 0.3 is 0 Å². The van der Waals surface area contributed by atoms with Crippen LogP contribution in [0.3, 0.4) is 0 Å². The molecule has 0 radical (unpaired) electrons. The number of nitrogens with zero attached hydrogens (tertiary/aromatic N) is 2. The summed E-state index contributed by atoms with van der Waals surface area (Å²) in [7, 11) is 0. The van der Waals surface area contributed by atoms with Crippen LogP contribution < -0.4 is 15.6 Å². The summed E-state index contributed by atoms with van der Waals surface area (Å²) in [6, 6.07) is 21.0. The van der Waals surface area contributed by atoms with Crippen molar-refractivity contribution in [3.8, 4) is 11.6 Å². The highest BCUT2D eigenvalue weighted by molar-refractivity contribution is 6.29. The molecular formula is C17H15ClN4O. The van der Waals surface area contributed by atoms with Crippen molar-refractivity contribution in [3.05, 3.63) is 77.4 Å². The minimum absolute atomic E-state index is 0.338. The molecule has 0 aliphatic rings. The molecule has 0 saturated heterocycles. The molecule has 23 heavy (non-hydrogen) atoms. The third kappa shape index (κ3) is 4.67. The standard InChI is InChI=1S/C17H15ClN4O/c18-16-10-11-17(22-21-16)23-15-8-6-13(7-9-15)12-19-20-14-4-2-1-3-5-14/h1-11,19-20H,12H2. The largest absolute Gasteiger partial charge is 0.438 e. The van der Waals surface area contributed by atoms with Crippen molar-refractivity contribution in [2.24, 2.45) is 0 Å². The van der Waals surface area contributed by atoms with Crippen molar-refractivity contribution in [1.29, 1.82) is 0 Å². The van der Waals surface area contributed by atoms with E-state index < -0.39 is 0 Å². The molecule has 0 aliphatic carbocycles. The minimum atomic E-state index is 0.338. The molecule has 2 N–H and O–H groups in total. The second-order valence-electron chi connectivity index (χ2n) is 4.78. The Hall–Kier alpha value is -2.63. The fourth-order valence-electron chi connectivity index (χ4n) is 1.92. The highest BCUT2D eigenvalue weighted by Gasteiger charge is 2.00. The van der Waals surface area contributed by atoms with Crippen molar-refractivity contribution in [1.82, 2.24) is 15.6 Å². The highest BCUT2D eigenvalue weighted by Crippen LogP contribution is 2.19. The Morgan fingerprint density at radius 3 is 2.35 bits per heavy atom. The maximum atomic E-state index is 5.69. The first-order valence-electron chi connectivity index (χ1n) is 7.09. The maximum Gasteiger partial charge on any atom is 0.238 e. The molecule has 0 amide bonds. The van der Waals surface area contributed by atoms with E-state index in [1.807, 2.05) is 54.6 Å². The topological polar surface area (TPSA) is 59.1 Å². The molecule has 0 fully saturated rings. The van der Waals surface area contributed by atoms with Crippen LogP contribution in [0.25, 0.3) is 0 Å². The Morgan fingerprint density at radius 1 is 0.870 bits per heavy atom. The SMILES string of the molecule is Clc1ccc(Oc2ccc(CNNc3ccccc3)cc2)nn1. The Labute approximate surface area is 139 Å². The lowest BCUT2D eigenvalue weighted by Crippen LogP contribution is -2.20. The lowest BCUT2D eigenvalue weighted by molar-refractivity contribution is 0.455. The number of ether oxygens (including phenoxy) is 1.